The lowest BCUT2D eigenvalue weighted by atomic mass is 9.92. The molecular weight excluding hydrogens is 432 g/mol. The van der Waals surface area contributed by atoms with Crippen molar-refractivity contribution in [3.8, 4) is 0 Å². The molecule has 2 aliphatic rings. The van der Waals surface area contributed by atoms with Crippen molar-refractivity contribution in [1.29, 1.82) is 0 Å². The molecule has 4 rings (SSSR count). The van der Waals surface area contributed by atoms with Gasteiger partial charge in [0, 0.05) is 18.1 Å². The van der Waals surface area contributed by atoms with Gasteiger partial charge in [0.25, 0.3) is 17.7 Å². The zero-order valence-corrected chi connectivity index (χ0v) is 18.6. The van der Waals surface area contributed by atoms with Crippen LogP contribution >= 0.6 is 11.6 Å². The Kier molecular flexibility index (Phi) is 6.02. The van der Waals surface area contributed by atoms with E-state index in [1.165, 1.54) is 18.2 Å². The molecule has 1 fully saturated rings. The Morgan fingerprint density at radius 1 is 0.969 bits per heavy atom. The van der Waals surface area contributed by atoms with Crippen LogP contribution in [0.4, 0.5) is 5.69 Å². The molecule has 0 spiro atoms. The van der Waals surface area contributed by atoms with Crippen LogP contribution < -0.4 is 4.90 Å². The summed E-state index contributed by atoms with van der Waals surface area (Å²) < 4.78 is 5.21. The Labute approximate surface area is 190 Å². The highest BCUT2D eigenvalue weighted by Crippen LogP contribution is 2.30. The topological polar surface area (TPSA) is 84.0 Å². The normalized spacial score (nSPS) is 20.3. The van der Waals surface area contributed by atoms with Crippen LogP contribution in [0.2, 0.25) is 5.02 Å². The fourth-order valence-electron chi connectivity index (χ4n) is 4.36. The highest BCUT2D eigenvalue weighted by molar-refractivity contribution is 6.35. The first-order valence-corrected chi connectivity index (χ1v) is 10.9. The van der Waals surface area contributed by atoms with Crippen molar-refractivity contribution in [2.75, 3.05) is 24.6 Å². The van der Waals surface area contributed by atoms with Crippen LogP contribution in [0.5, 0.6) is 0 Å². The molecule has 0 aliphatic carbocycles. The third kappa shape index (κ3) is 4.25. The number of ether oxygens (including phenoxy) is 1. The molecule has 3 amide bonds. The van der Waals surface area contributed by atoms with Gasteiger partial charge in [0.15, 0.2) is 6.61 Å². The molecule has 1 saturated heterocycles. The van der Waals surface area contributed by atoms with Crippen molar-refractivity contribution >= 4 is 41.0 Å². The summed E-state index contributed by atoms with van der Waals surface area (Å²) >= 11 is 5.88. The van der Waals surface area contributed by atoms with Crippen molar-refractivity contribution < 1.29 is 23.9 Å². The third-order valence-corrected chi connectivity index (χ3v) is 6.01. The molecule has 166 valence electrons. The molecule has 2 atom stereocenters. The number of benzene rings is 2. The first-order chi connectivity index (χ1) is 15.2. The maximum Gasteiger partial charge on any atom is 0.338 e. The SMILES string of the molecule is C[C@@H]1C[C@@H](C)CN(C(=O)COC(=O)c2ccc3c(c2)C(=O)N(c2ccc(Cl)cc2)C3=O)C1. The molecule has 0 bridgehead atoms. The molecule has 2 aromatic carbocycles. The Morgan fingerprint density at radius 2 is 1.59 bits per heavy atom. The number of nitrogens with zero attached hydrogens (tertiary/aromatic N) is 2. The quantitative estimate of drug-likeness (QED) is 0.518. The smallest absolute Gasteiger partial charge is 0.338 e. The fourth-order valence-corrected chi connectivity index (χ4v) is 4.49. The van der Waals surface area contributed by atoms with Crippen LogP contribution in [0.15, 0.2) is 42.5 Å². The number of imide groups is 1. The predicted octanol–water partition coefficient (Wildman–Crippen LogP) is 3.80. The van der Waals surface area contributed by atoms with Crippen LogP contribution in [0.3, 0.4) is 0 Å². The molecule has 32 heavy (non-hydrogen) atoms. The van der Waals surface area contributed by atoms with E-state index in [1.54, 1.807) is 29.2 Å². The lowest BCUT2D eigenvalue weighted by molar-refractivity contribution is -0.137. The maximum absolute atomic E-state index is 12.9. The first kappa shape index (κ1) is 22.0. The molecule has 0 aromatic heterocycles. The summed E-state index contributed by atoms with van der Waals surface area (Å²) in [5.41, 5.74) is 0.814. The number of fused-ring (bicyclic) bond motifs is 1. The number of halogens is 1. The number of anilines is 1. The molecule has 7 nitrogen and oxygen atoms in total. The van der Waals surface area contributed by atoms with Crippen LogP contribution in [0, 0.1) is 11.8 Å². The highest BCUT2D eigenvalue weighted by Gasteiger charge is 2.37. The van der Waals surface area contributed by atoms with E-state index in [1.807, 2.05) is 0 Å². The zero-order valence-electron chi connectivity index (χ0n) is 17.8. The number of amides is 3. The molecule has 2 aromatic rings. The van der Waals surface area contributed by atoms with Gasteiger partial charge in [-0.05, 0) is 60.7 Å². The van der Waals surface area contributed by atoms with Gasteiger partial charge in [0.05, 0.1) is 22.4 Å². The van der Waals surface area contributed by atoms with Crippen molar-refractivity contribution in [2.45, 2.75) is 20.3 Å². The van der Waals surface area contributed by atoms with Gasteiger partial charge in [-0.1, -0.05) is 25.4 Å². The van der Waals surface area contributed by atoms with E-state index in [-0.39, 0.29) is 29.2 Å². The molecule has 0 N–H and O–H groups in total. The second-order valence-electron chi connectivity index (χ2n) is 8.50. The average Bonchev–Trinajstić information content (AvgIpc) is 3.01. The van der Waals surface area contributed by atoms with Gasteiger partial charge in [-0.2, -0.15) is 0 Å². The number of rotatable bonds is 4. The largest absolute Gasteiger partial charge is 0.452 e. The van der Waals surface area contributed by atoms with E-state index in [2.05, 4.69) is 13.8 Å². The number of likely N-dealkylation sites (tertiary alicyclic amines) is 1. The second-order valence-corrected chi connectivity index (χ2v) is 8.94. The van der Waals surface area contributed by atoms with Crippen molar-refractivity contribution in [3.63, 3.8) is 0 Å². The lowest BCUT2D eigenvalue weighted by Gasteiger charge is -2.34. The summed E-state index contributed by atoms with van der Waals surface area (Å²) in [4.78, 5) is 53.3. The lowest BCUT2D eigenvalue weighted by Crippen LogP contribution is -2.44. The summed E-state index contributed by atoms with van der Waals surface area (Å²) in [5.74, 6) is -1.16. The van der Waals surface area contributed by atoms with Crippen LogP contribution in [0.25, 0.3) is 0 Å². The number of hydrogen-bond acceptors (Lipinski definition) is 5. The first-order valence-electron chi connectivity index (χ1n) is 10.5. The monoisotopic (exact) mass is 454 g/mol. The average molecular weight is 455 g/mol. The Balaban J connectivity index is 1.45. The van der Waals surface area contributed by atoms with Gasteiger partial charge in [0.2, 0.25) is 0 Å². The fraction of sp³-hybridized carbons (Fsp3) is 0.333. The Hall–Kier alpha value is -3.19. The van der Waals surface area contributed by atoms with E-state index in [4.69, 9.17) is 16.3 Å². The summed E-state index contributed by atoms with van der Waals surface area (Å²) in [6.45, 7) is 5.13. The maximum atomic E-state index is 12.9. The minimum atomic E-state index is -0.718. The zero-order chi connectivity index (χ0) is 23.0. The number of carbonyl (C=O) groups is 4. The number of hydrogen-bond donors (Lipinski definition) is 0. The van der Waals surface area contributed by atoms with Crippen molar-refractivity contribution in [3.05, 3.63) is 64.2 Å². The molecule has 0 unspecified atom stereocenters. The van der Waals surface area contributed by atoms with Crippen molar-refractivity contribution in [2.24, 2.45) is 11.8 Å². The number of esters is 1. The van der Waals surface area contributed by atoms with Crippen LogP contribution in [-0.2, 0) is 9.53 Å². The second kappa shape index (κ2) is 8.74. The van der Waals surface area contributed by atoms with Gasteiger partial charge >= 0.3 is 5.97 Å². The molecule has 2 aliphatic heterocycles. The summed E-state index contributed by atoms with van der Waals surface area (Å²) in [7, 11) is 0. The minimum Gasteiger partial charge on any atom is -0.452 e. The van der Waals surface area contributed by atoms with Crippen LogP contribution in [-0.4, -0.2) is 48.3 Å². The molecule has 0 saturated carbocycles. The van der Waals surface area contributed by atoms with E-state index >= 15 is 0 Å². The van der Waals surface area contributed by atoms with E-state index < -0.39 is 17.8 Å². The number of carbonyl (C=O) groups excluding carboxylic acids is 4. The molecule has 2 heterocycles. The van der Waals surface area contributed by atoms with E-state index in [0.29, 0.717) is 35.6 Å². The number of piperidine rings is 1. The van der Waals surface area contributed by atoms with Crippen molar-refractivity contribution in [1.82, 2.24) is 4.90 Å². The Morgan fingerprint density at radius 3 is 2.25 bits per heavy atom. The van der Waals surface area contributed by atoms with Gasteiger partial charge in [-0.15, -0.1) is 0 Å². The standard InChI is InChI=1S/C24H23ClN2O5/c1-14-9-15(2)12-26(11-14)21(28)13-32-24(31)16-3-8-19-20(10-16)23(30)27(22(19)29)18-6-4-17(25)5-7-18/h3-8,10,14-15H,9,11-13H2,1-2H3/t14-,15-/m1/s1. The van der Waals surface area contributed by atoms with Gasteiger partial charge < -0.3 is 9.64 Å². The molecular formula is C24H23ClN2O5. The summed E-state index contributed by atoms with van der Waals surface area (Å²) in [6, 6.07) is 10.5. The van der Waals surface area contributed by atoms with Gasteiger partial charge in [-0.25, -0.2) is 9.69 Å². The van der Waals surface area contributed by atoms with E-state index in [0.717, 1.165) is 11.3 Å². The van der Waals surface area contributed by atoms with Gasteiger partial charge in [-0.3, -0.25) is 14.4 Å². The van der Waals surface area contributed by atoms with Gasteiger partial charge in [0.1, 0.15) is 0 Å². The molecule has 8 heteroatoms. The predicted molar refractivity (Wildman–Crippen MR) is 119 cm³/mol. The third-order valence-electron chi connectivity index (χ3n) is 5.76. The minimum absolute atomic E-state index is 0.107. The molecule has 0 radical (unpaired) electrons. The highest BCUT2D eigenvalue weighted by atomic mass is 35.5. The summed E-state index contributed by atoms with van der Waals surface area (Å²) in [5, 5.41) is 0.485. The summed E-state index contributed by atoms with van der Waals surface area (Å²) in [6.07, 6.45) is 1.07. The van der Waals surface area contributed by atoms with Crippen LogP contribution in [0.1, 0.15) is 51.3 Å². The van der Waals surface area contributed by atoms with E-state index in [9.17, 15) is 19.2 Å². The Bertz CT molecular complexity index is 1090.